The number of aliphatic carboxylic acids is 1. The van der Waals surface area contributed by atoms with E-state index < -0.39 is 66.1 Å². The van der Waals surface area contributed by atoms with E-state index in [2.05, 4.69) is 16.0 Å². The van der Waals surface area contributed by atoms with Gasteiger partial charge in [-0.25, -0.2) is 4.79 Å². The number of amides is 5. The molecule has 0 aromatic heterocycles. The molecule has 4 atom stereocenters. The van der Waals surface area contributed by atoms with Gasteiger partial charge in [-0.3, -0.25) is 24.0 Å². The Bertz CT molecular complexity index is 749. The van der Waals surface area contributed by atoms with Gasteiger partial charge in [-0.1, -0.05) is 13.8 Å². The van der Waals surface area contributed by atoms with Crippen molar-refractivity contribution >= 4 is 47.3 Å². The number of carboxylic acids is 1. The predicted molar refractivity (Wildman–Crippen MR) is 126 cm³/mol. The molecule has 0 aliphatic heterocycles. The van der Waals surface area contributed by atoms with E-state index in [1.807, 2.05) is 0 Å². The smallest absolute Gasteiger partial charge is 0.326 e. The van der Waals surface area contributed by atoms with Crippen molar-refractivity contribution in [2.45, 2.75) is 70.1 Å². The molecule has 0 aromatic rings. The lowest BCUT2D eigenvalue weighted by Crippen LogP contribution is -2.58. The molecule has 0 spiro atoms. The number of hydrogen-bond donors (Lipinski definition) is 7. The molecule has 0 fully saturated rings. The van der Waals surface area contributed by atoms with E-state index in [1.165, 1.54) is 11.8 Å². The zero-order valence-electron chi connectivity index (χ0n) is 19.7. The Hall–Kier alpha value is -2.87. The monoisotopic (exact) mass is 504 g/mol. The van der Waals surface area contributed by atoms with Gasteiger partial charge in [0.2, 0.25) is 29.5 Å². The van der Waals surface area contributed by atoms with Crippen molar-refractivity contribution in [1.82, 2.24) is 16.0 Å². The molecule has 13 nitrogen and oxygen atoms in total. The van der Waals surface area contributed by atoms with Crippen molar-refractivity contribution in [1.29, 1.82) is 0 Å². The molecular weight excluding hydrogens is 468 g/mol. The van der Waals surface area contributed by atoms with E-state index in [0.717, 1.165) is 0 Å². The second kappa shape index (κ2) is 15.9. The van der Waals surface area contributed by atoms with Crippen LogP contribution in [0.3, 0.4) is 0 Å². The first-order valence-electron chi connectivity index (χ1n) is 10.7. The molecule has 0 heterocycles. The van der Waals surface area contributed by atoms with Gasteiger partial charge in [0.25, 0.3) is 0 Å². The van der Waals surface area contributed by atoms with Crippen LogP contribution in [0.4, 0.5) is 0 Å². The minimum Gasteiger partial charge on any atom is -0.480 e. The molecule has 0 aliphatic rings. The maximum absolute atomic E-state index is 12.8. The van der Waals surface area contributed by atoms with Gasteiger partial charge in [0.1, 0.15) is 18.1 Å². The molecule has 194 valence electrons. The molecule has 0 saturated carbocycles. The quantitative estimate of drug-likeness (QED) is 0.113. The molecular formula is C20H36N6O7S. The molecule has 5 amide bonds. The maximum Gasteiger partial charge on any atom is 0.326 e. The lowest BCUT2D eigenvalue weighted by Gasteiger charge is -2.25. The number of nitrogens with one attached hydrogen (secondary N) is 3. The molecule has 10 N–H and O–H groups in total. The Morgan fingerprint density at radius 3 is 1.82 bits per heavy atom. The summed E-state index contributed by atoms with van der Waals surface area (Å²) in [6.45, 7) is 3.60. The molecule has 34 heavy (non-hydrogen) atoms. The standard InChI is InChI=1S/C20H36N6O7S/c1-10(2)8-13(18(30)24-12(20(32)33)6-7-34-3)26-19(31)14(9-16(23)28)25-17(29)11(21)4-5-15(22)27/h10-14H,4-9,21H2,1-3H3,(H2,22,27)(H2,23,28)(H,24,30)(H,25,29)(H,26,31)(H,32,33). The Labute approximate surface area is 202 Å². The third kappa shape index (κ3) is 13.0. The van der Waals surface area contributed by atoms with E-state index in [4.69, 9.17) is 17.2 Å². The first kappa shape index (κ1) is 31.1. The van der Waals surface area contributed by atoms with Gasteiger partial charge in [0.05, 0.1) is 12.5 Å². The number of carbonyl (C=O) groups excluding carboxylic acids is 5. The fraction of sp³-hybridized carbons (Fsp3) is 0.700. The summed E-state index contributed by atoms with van der Waals surface area (Å²) in [5.74, 6) is -4.70. The summed E-state index contributed by atoms with van der Waals surface area (Å²) in [5.41, 5.74) is 15.9. The fourth-order valence-electron chi connectivity index (χ4n) is 2.86. The average Bonchev–Trinajstić information content (AvgIpc) is 2.72. The van der Waals surface area contributed by atoms with Crippen LogP contribution in [0, 0.1) is 5.92 Å². The van der Waals surface area contributed by atoms with Gasteiger partial charge in [0, 0.05) is 6.42 Å². The van der Waals surface area contributed by atoms with Crippen LogP contribution < -0.4 is 33.2 Å². The molecule has 0 aliphatic carbocycles. The minimum atomic E-state index is -1.43. The first-order valence-corrected chi connectivity index (χ1v) is 12.1. The third-order valence-electron chi connectivity index (χ3n) is 4.64. The van der Waals surface area contributed by atoms with E-state index in [1.54, 1.807) is 20.1 Å². The maximum atomic E-state index is 12.8. The van der Waals surface area contributed by atoms with Gasteiger partial charge in [-0.05, 0) is 37.2 Å². The van der Waals surface area contributed by atoms with Gasteiger partial charge in [-0.15, -0.1) is 0 Å². The summed E-state index contributed by atoms with van der Waals surface area (Å²) >= 11 is 1.42. The van der Waals surface area contributed by atoms with E-state index >= 15 is 0 Å². The molecule has 0 rings (SSSR count). The Balaban J connectivity index is 5.46. The zero-order chi connectivity index (χ0) is 26.4. The number of carbonyl (C=O) groups is 6. The molecule has 14 heteroatoms. The summed E-state index contributed by atoms with van der Waals surface area (Å²) in [5, 5.41) is 16.5. The van der Waals surface area contributed by atoms with Gasteiger partial charge in [-0.2, -0.15) is 11.8 Å². The summed E-state index contributed by atoms with van der Waals surface area (Å²) in [4.78, 5) is 71.7. The molecule has 0 radical (unpaired) electrons. The highest BCUT2D eigenvalue weighted by Crippen LogP contribution is 2.08. The minimum absolute atomic E-state index is 0.0584. The molecule has 4 unspecified atom stereocenters. The van der Waals surface area contributed by atoms with Crippen molar-refractivity contribution in [3.05, 3.63) is 0 Å². The highest BCUT2D eigenvalue weighted by Gasteiger charge is 2.31. The highest BCUT2D eigenvalue weighted by atomic mass is 32.2. The van der Waals surface area contributed by atoms with Crippen molar-refractivity contribution in [2.75, 3.05) is 12.0 Å². The van der Waals surface area contributed by atoms with E-state index in [9.17, 15) is 33.9 Å². The highest BCUT2D eigenvalue weighted by molar-refractivity contribution is 7.98. The van der Waals surface area contributed by atoms with Gasteiger partial charge < -0.3 is 38.3 Å². The summed E-state index contributed by atoms with van der Waals surface area (Å²) in [6, 6.07) is -4.87. The Kier molecular flexibility index (Phi) is 14.5. The van der Waals surface area contributed by atoms with Crippen LogP contribution >= 0.6 is 11.8 Å². The van der Waals surface area contributed by atoms with Gasteiger partial charge >= 0.3 is 5.97 Å². The Morgan fingerprint density at radius 2 is 1.35 bits per heavy atom. The van der Waals surface area contributed by atoms with Crippen LogP contribution in [0.2, 0.25) is 0 Å². The van der Waals surface area contributed by atoms with Crippen LogP contribution in [0.15, 0.2) is 0 Å². The average molecular weight is 505 g/mol. The topological polar surface area (TPSA) is 237 Å². The van der Waals surface area contributed by atoms with E-state index in [0.29, 0.717) is 5.75 Å². The molecule has 0 bridgehead atoms. The largest absolute Gasteiger partial charge is 0.480 e. The summed E-state index contributed by atoms with van der Waals surface area (Å²) in [7, 11) is 0. The Morgan fingerprint density at radius 1 is 0.824 bits per heavy atom. The third-order valence-corrected chi connectivity index (χ3v) is 5.29. The number of hydrogen-bond acceptors (Lipinski definition) is 8. The number of carboxylic acid groups (broad SMARTS) is 1. The van der Waals surface area contributed by atoms with Crippen LogP contribution in [-0.2, 0) is 28.8 Å². The van der Waals surface area contributed by atoms with Crippen LogP contribution in [-0.4, -0.2) is 76.8 Å². The van der Waals surface area contributed by atoms with Crippen molar-refractivity contribution in [3.8, 4) is 0 Å². The predicted octanol–water partition coefficient (Wildman–Crippen LogP) is -2.21. The molecule has 0 saturated heterocycles. The normalized spacial score (nSPS) is 14.4. The second-order valence-corrected chi connectivity index (χ2v) is 9.20. The van der Waals surface area contributed by atoms with E-state index in [-0.39, 0.29) is 31.6 Å². The fourth-order valence-corrected chi connectivity index (χ4v) is 3.33. The number of nitrogens with two attached hydrogens (primary N) is 3. The number of thioether (sulfide) groups is 1. The SMILES string of the molecule is CSCCC(NC(=O)C(CC(C)C)NC(=O)C(CC(N)=O)NC(=O)C(N)CCC(N)=O)C(=O)O. The zero-order valence-corrected chi connectivity index (χ0v) is 20.5. The summed E-state index contributed by atoms with van der Waals surface area (Å²) < 4.78 is 0. The second-order valence-electron chi connectivity index (χ2n) is 8.21. The van der Waals surface area contributed by atoms with Crippen molar-refractivity contribution < 1.29 is 33.9 Å². The van der Waals surface area contributed by atoms with Crippen molar-refractivity contribution in [2.24, 2.45) is 23.1 Å². The number of rotatable bonds is 17. The van der Waals surface area contributed by atoms with Crippen LogP contribution in [0.5, 0.6) is 0 Å². The first-order chi connectivity index (χ1) is 15.8. The lowest BCUT2D eigenvalue weighted by molar-refractivity contribution is -0.142. The van der Waals surface area contributed by atoms with Crippen LogP contribution in [0.25, 0.3) is 0 Å². The lowest BCUT2D eigenvalue weighted by atomic mass is 10.0. The van der Waals surface area contributed by atoms with Gasteiger partial charge in [0.15, 0.2) is 0 Å². The summed E-state index contributed by atoms with van der Waals surface area (Å²) in [6.07, 6.45) is 1.36. The van der Waals surface area contributed by atoms with Crippen molar-refractivity contribution in [3.63, 3.8) is 0 Å². The number of primary amides is 2. The molecule has 0 aromatic carbocycles. The van der Waals surface area contributed by atoms with Crippen LogP contribution in [0.1, 0.15) is 46.0 Å².